The molecule has 0 saturated carbocycles. The Kier molecular flexibility index (Phi) is 2.09. The van der Waals surface area contributed by atoms with Crippen molar-refractivity contribution in [2.75, 3.05) is 0 Å². The molecule has 16 heavy (non-hydrogen) atoms. The summed E-state index contributed by atoms with van der Waals surface area (Å²) in [6.45, 7) is 10.00. The van der Waals surface area contributed by atoms with Gasteiger partial charge in [-0.15, -0.1) is 0 Å². The van der Waals surface area contributed by atoms with Gasteiger partial charge in [-0.25, -0.2) is 0 Å². The van der Waals surface area contributed by atoms with Crippen LogP contribution >= 0.6 is 0 Å². The summed E-state index contributed by atoms with van der Waals surface area (Å²) in [4.78, 5) is 0. The predicted molar refractivity (Wildman–Crippen MR) is 64.1 cm³/mol. The highest BCUT2D eigenvalue weighted by Gasteiger charge is 2.61. The lowest BCUT2D eigenvalue weighted by Crippen LogP contribution is -2.45. The molecule has 0 atom stereocenters. The van der Waals surface area contributed by atoms with Gasteiger partial charge in [0.05, 0.1) is 0 Å². The lowest BCUT2D eigenvalue weighted by atomic mass is 9.66. The first-order valence-corrected chi connectivity index (χ1v) is 5.69. The van der Waals surface area contributed by atoms with Crippen molar-refractivity contribution in [2.24, 2.45) is 5.41 Å². The van der Waals surface area contributed by atoms with Gasteiger partial charge in [-0.1, -0.05) is 45.9 Å². The summed E-state index contributed by atoms with van der Waals surface area (Å²) in [7, 11) is 0. The molecule has 2 rings (SSSR count). The van der Waals surface area contributed by atoms with Crippen LogP contribution in [0.3, 0.4) is 0 Å². The maximum absolute atomic E-state index is 10.4. The molecule has 1 aliphatic rings. The van der Waals surface area contributed by atoms with Crippen LogP contribution < -0.4 is 0 Å². The van der Waals surface area contributed by atoms with Crippen molar-refractivity contribution < 1.29 is 10.2 Å². The second-order valence-electron chi connectivity index (χ2n) is 5.92. The monoisotopic (exact) mass is 220 g/mol. The highest BCUT2D eigenvalue weighted by Crippen LogP contribution is 2.59. The molecule has 0 aromatic heterocycles. The fraction of sp³-hybridized carbons (Fsp3) is 0.571. The number of aliphatic hydroxyl groups is 2. The average molecular weight is 220 g/mol. The van der Waals surface area contributed by atoms with Crippen LogP contribution in [0, 0.1) is 12.3 Å². The molecule has 0 fully saturated rings. The molecule has 2 heteroatoms. The van der Waals surface area contributed by atoms with Crippen LogP contribution in [-0.2, 0) is 11.2 Å². The smallest absolute Gasteiger partial charge is 0.196 e. The molecular formula is C14H20O2. The normalized spacial score (nSPS) is 24.2. The number of rotatable bonds is 0. The van der Waals surface area contributed by atoms with Gasteiger partial charge in [0.1, 0.15) is 0 Å². The quantitative estimate of drug-likeness (QED) is 0.659. The number of benzene rings is 1. The Morgan fingerprint density at radius 3 is 2.06 bits per heavy atom. The summed E-state index contributed by atoms with van der Waals surface area (Å²) in [6.07, 6.45) is 0. The Balaban J connectivity index is 2.84. The average Bonchev–Trinajstić information content (AvgIpc) is 2.25. The van der Waals surface area contributed by atoms with E-state index in [0.717, 1.165) is 11.1 Å². The minimum atomic E-state index is -1.75. The molecular weight excluding hydrogens is 200 g/mol. The summed E-state index contributed by atoms with van der Waals surface area (Å²) in [5, 5.41) is 20.8. The van der Waals surface area contributed by atoms with E-state index < -0.39 is 11.2 Å². The zero-order valence-electron chi connectivity index (χ0n) is 10.6. The molecule has 88 valence electrons. The van der Waals surface area contributed by atoms with Crippen LogP contribution in [0.1, 0.15) is 44.4 Å². The molecule has 0 amide bonds. The van der Waals surface area contributed by atoms with Crippen LogP contribution in [0.4, 0.5) is 0 Å². The molecule has 1 aromatic rings. The Labute approximate surface area is 96.9 Å². The van der Waals surface area contributed by atoms with Gasteiger partial charge < -0.3 is 10.2 Å². The molecule has 1 aromatic carbocycles. The maximum Gasteiger partial charge on any atom is 0.196 e. The van der Waals surface area contributed by atoms with Gasteiger partial charge in [0.2, 0.25) is 0 Å². The lowest BCUT2D eigenvalue weighted by molar-refractivity contribution is -0.247. The minimum absolute atomic E-state index is 0.253. The molecule has 0 bridgehead atoms. The molecule has 0 heterocycles. The zero-order valence-corrected chi connectivity index (χ0v) is 10.6. The highest BCUT2D eigenvalue weighted by molar-refractivity contribution is 5.49. The van der Waals surface area contributed by atoms with E-state index in [-0.39, 0.29) is 5.41 Å². The van der Waals surface area contributed by atoms with E-state index in [4.69, 9.17) is 0 Å². The van der Waals surface area contributed by atoms with Crippen molar-refractivity contribution in [1.82, 2.24) is 0 Å². The van der Waals surface area contributed by atoms with Crippen molar-refractivity contribution in [3.8, 4) is 0 Å². The molecule has 0 aliphatic heterocycles. The van der Waals surface area contributed by atoms with E-state index in [9.17, 15) is 10.2 Å². The van der Waals surface area contributed by atoms with Gasteiger partial charge in [-0.2, -0.15) is 0 Å². The fourth-order valence-corrected chi connectivity index (χ4v) is 2.87. The van der Waals surface area contributed by atoms with Crippen molar-refractivity contribution in [3.63, 3.8) is 0 Å². The second kappa shape index (κ2) is 2.88. The first-order chi connectivity index (χ1) is 7.14. The number of fused-ring (bicyclic) bond motifs is 1. The second-order valence-corrected chi connectivity index (χ2v) is 5.92. The zero-order chi connectivity index (χ0) is 12.4. The Bertz CT molecular complexity index is 442. The van der Waals surface area contributed by atoms with Gasteiger partial charge >= 0.3 is 0 Å². The standard InChI is InChI=1S/C14H20O2/c1-9-7-6-8-10-11(9)12(2,3)13(4,5)14(10,15)16/h6-8,15-16H,1-5H3. The van der Waals surface area contributed by atoms with Crippen LogP contribution in [-0.4, -0.2) is 10.2 Å². The SMILES string of the molecule is Cc1cccc2c1C(C)(C)C(C)(C)C2(O)O. The number of hydrogen-bond donors (Lipinski definition) is 2. The molecule has 2 nitrogen and oxygen atoms in total. The Morgan fingerprint density at radius 1 is 1.00 bits per heavy atom. The summed E-state index contributed by atoms with van der Waals surface area (Å²) >= 11 is 0. The number of aryl methyl sites for hydroxylation is 1. The summed E-state index contributed by atoms with van der Waals surface area (Å²) in [5.74, 6) is -1.75. The van der Waals surface area contributed by atoms with Crippen molar-refractivity contribution in [3.05, 3.63) is 34.9 Å². The third-order valence-electron chi connectivity index (χ3n) is 4.71. The molecule has 1 aliphatic carbocycles. The Morgan fingerprint density at radius 2 is 1.56 bits per heavy atom. The van der Waals surface area contributed by atoms with Gasteiger partial charge in [0.25, 0.3) is 0 Å². The van der Waals surface area contributed by atoms with Crippen molar-refractivity contribution >= 4 is 0 Å². The van der Waals surface area contributed by atoms with E-state index in [2.05, 4.69) is 13.8 Å². The molecule has 0 radical (unpaired) electrons. The lowest BCUT2D eigenvalue weighted by Gasteiger charge is -2.41. The van der Waals surface area contributed by atoms with Gasteiger partial charge in [-0.05, 0) is 18.1 Å². The fourth-order valence-electron chi connectivity index (χ4n) is 2.87. The van der Waals surface area contributed by atoms with E-state index in [1.165, 1.54) is 0 Å². The van der Waals surface area contributed by atoms with E-state index in [1.54, 1.807) is 0 Å². The van der Waals surface area contributed by atoms with Crippen molar-refractivity contribution in [1.29, 1.82) is 0 Å². The third-order valence-corrected chi connectivity index (χ3v) is 4.71. The van der Waals surface area contributed by atoms with E-state index in [1.807, 2.05) is 39.0 Å². The maximum atomic E-state index is 10.4. The summed E-state index contributed by atoms with van der Waals surface area (Å²) < 4.78 is 0. The van der Waals surface area contributed by atoms with Crippen LogP contribution in [0.5, 0.6) is 0 Å². The first-order valence-electron chi connectivity index (χ1n) is 5.69. The van der Waals surface area contributed by atoms with Crippen molar-refractivity contribution in [2.45, 2.75) is 45.8 Å². The number of hydrogen-bond acceptors (Lipinski definition) is 2. The van der Waals surface area contributed by atoms with Crippen LogP contribution in [0.25, 0.3) is 0 Å². The summed E-state index contributed by atoms with van der Waals surface area (Å²) in [5.41, 5.74) is 2.00. The molecule has 2 N–H and O–H groups in total. The van der Waals surface area contributed by atoms with Crippen LogP contribution in [0.2, 0.25) is 0 Å². The largest absolute Gasteiger partial charge is 0.361 e. The highest BCUT2D eigenvalue weighted by atomic mass is 16.5. The molecule has 0 saturated heterocycles. The molecule has 0 spiro atoms. The summed E-state index contributed by atoms with van der Waals surface area (Å²) in [6, 6.07) is 5.73. The first kappa shape index (κ1) is 11.6. The van der Waals surface area contributed by atoms with Gasteiger partial charge in [0, 0.05) is 16.4 Å². The topological polar surface area (TPSA) is 40.5 Å². The van der Waals surface area contributed by atoms with Gasteiger partial charge in [0.15, 0.2) is 5.79 Å². The van der Waals surface area contributed by atoms with E-state index >= 15 is 0 Å². The Hall–Kier alpha value is -0.860. The van der Waals surface area contributed by atoms with Crippen LogP contribution in [0.15, 0.2) is 18.2 Å². The minimum Gasteiger partial charge on any atom is -0.361 e. The van der Waals surface area contributed by atoms with E-state index in [0.29, 0.717) is 5.56 Å². The predicted octanol–water partition coefficient (Wildman–Crippen LogP) is 2.45. The van der Waals surface area contributed by atoms with Gasteiger partial charge in [-0.3, -0.25) is 0 Å². The third kappa shape index (κ3) is 1.04. The molecule has 0 unspecified atom stereocenters.